The maximum atomic E-state index is 13.6. The van der Waals surface area contributed by atoms with Gasteiger partial charge in [-0.15, -0.1) is 0 Å². The van der Waals surface area contributed by atoms with Crippen LogP contribution in [0.4, 0.5) is 11.4 Å². The van der Waals surface area contributed by atoms with Gasteiger partial charge in [0.2, 0.25) is 0 Å². The lowest BCUT2D eigenvalue weighted by Gasteiger charge is -2.25. The van der Waals surface area contributed by atoms with Crippen molar-refractivity contribution < 1.29 is 22.7 Å². The number of carbonyl (C=O) groups is 2. The molecule has 0 spiro atoms. The van der Waals surface area contributed by atoms with Crippen LogP contribution >= 0.6 is 11.6 Å². The molecule has 0 aromatic heterocycles. The normalized spacial score (nSPS) is 11.3. The predicted molar refractivity (Wildman–Crippen MR) is 169 cm³/mol. The molecule has 0 heterocycles. The van der Waals surface area contributed by atoms with E-state index in [0.717, 1.165) is 15.4 Å². The van der Waals surface area contributed by atoms with Gasteiger partial charge in [-0.3, -0.25) is 13.9 Å². The van der Waals surface area contributed by atoms with Crippen molar-refractivity contribution in [1.82, 2.24) is 5.43 Å². The molecule has 222 valence electrons. The fraction of sp³-hybridized carbons (Fsp3) is 0.156. The van der Waals surface area contributed by atoms with Crippen molar-refractivity contribution in [3.8, 4) is 5.75 Å². The van der Waals surface area contributed by atoms with Crippen LogP contribution in [0, 0.1) is 20.8 Å². The average molecular weight is 619 g/mol. The van der Waals surface area contributed by atoms with Crippen LogP contribution in [-0.4, -0.2) is 39.6 Å². The van der Waals surface area contributed by atoms with E-state index in [1.165, 1.54) is 24.4 Å². The molecular formula is C32H31ClN4O5S. The van der Waals surface area contributed by atoms with Crippen molar-refractivity contribution in [1.29, 1.82) is 0 Å². The van der Waals surface area contributed by atoms with E-state index in [-0.39, 0.29) is 23.1 Å². The number of ether oxygens (including phenoxy) is 1. The van der Waals surface area contributed by atoms with E-state index in [1.54, 1.807) is 55.5 Å². The topological polar surface area (TPSA) is 117 Å². The zero-order valence-electron chi connectivity index (χ0n) is 23.9. The summed E-state index contributed by atoms with van der Waals surface area (Å²) in [5.41, 5.74) is 6.63. The minimum absolute atomic E-state index is 0.0451. The zero-order chi connectivity index (χ0) is 31.0. The Kier molecular flexibility index (Phi) is 10.2. The number of anilines is 2. The number of halogens is 1. The van der Waals surface area contributed by atoms with Gasteiger partial charge in [-0.05, 0) is 92.6 Å². The molecule has 11 heteroatoms. The third kappa shape index (κ3) is 8.67. The summed E-state index contributed by atoms with van der Waals surface area (Å²) in [6.45, 7) is 4.88. The maximum Gasteiger partial charge on any atom is 0.264 e. The van der Waals surface area contributed by atoms with Crippen LogP contribution in [0.25, 0.3) is 0 Å². The molecule has 0 aliphatic rings. The van der Waals surface area contributed by atoms with Crippen LogP contribution in [0.5, 0.6) is 5.75 Å². The molecule has 0 bridgehead atoms. The lowest BCUT2D eigenvalue weighted by atomic mass is 10.2. The van der Waals surface area contributed by atoms with Gasteiger partial charge in [0.15, 0.2) is 6.61 Å². The SMILES string of the molecule is Cc1ccc(NC(=O)COc2ccc(/C=N/NC(=O)CN(c3cc(Cl)ccc3C)S(=O)(=O)c3ccc(C)cc3)cc2)cc1. The van der Waals surface area contributed by atoms with Crippen molar-refractivity contribution in [2.75, 3.05) is 22.8 Å². The van der Waals surface area contributed by atoms with Crippen molar-refractivity contribution in [2.24, 2.45) is 5.10 Å². The molecule has 2 amide bonds. The van der Waals surface area contributed by atoms with Gasteiger partial charge in [-0.1, -0.05) is 53.1 Å². The Bertz CT molecular complexity index is 1720. The number of sulfonamides is 1. The van der Waals surface area contributed by atoms with E-state index in [2.05, 4.69) is 15.8 Å². The third-order valence-electron chi connectivity index (χ3n) is 6.32. The highest BCUT2D eigenvalue weighted by molar-refractivity contribution is 7.92. The molecule has 4 aromatic carbocycles. The van der Waals surface area contributed by atoms with E-state index in [0.29, 0.717) is 27.6 Å². The number of nitrogens with one attached hydrogen (secondary N) is 2. The molecular weight excluding hydrogens is 588 g/mol. The number of carbonyl (C=O) groups excluding carboxylic acids is 2. The highest BCUT2D eigenvalue weighted by atomic mass is 35.5. The summed E-state index contributed by atoms with van der Waals surface area (Å²) in [4.78, 5) is 25.1. The summed E-state index contributed by atoms with van der Waals surface area (Å²) in [6, 6.07) is 25.4. The number of aryl methyl sites for hydroxylation is 3. The Morgan fingerprint density at radius 2 is 1.49 bits per heavy atom. The summed E-state index contributed by atoms with van der Waals surface area (Å²) in [7, 11) is -4.10. The smallest absolute Gasteiger partial charge is 0.264 e. The molecule has 0 atom stereocenters. The number of hydrazone groups is 1. The predicted octanol–water partition coefficient (Wildman–Crippen LogP) is 5.63. The Labute approximate surface area is 256 Å². The number of rotatable bonds is 11. The highest BCUT2D eigenvalue weighted by Crippen LogP contribution is 2.29. The van der Waals surface area contributed by atoms with Crippen molar-refractivity contribution in [2.45, 2.75) is 25.7 Å². The lowest BCUT2D eigenvalue weighted by Crippen LogP contribution is -2.40. The fourth-order valence-electron chi connectivity index (χ4n) is 3.97. The first-order valence-corrected chi connectivity index (χ1v) is 15.1. The largest absolute Gasteiger partial charge is 0.484 e. The second kappa shape index (κ2) is 14.0. The molecule has 0 aliphatic carbocycles. The number of nitrogens with zero attached hydrogens (tertiary/aromatic N) is 2. The summed E-state index contributed by atoms with van der Waals surface area (Å²) >= 11 is 6.18. The standard InChI is InChI=1S/C32H31ClN4O5S/c1-22-4-12-27(13-5-22)35-32(39)21-42-28-14-9-25(10-15-28)19-34-36-31(38)20-37(30-18-26(33)11-8-24(30)3)43(40,41)29-16-6-23(2)7-17-29/h4-19H,20-21H2,1-3H3,(H,35,39)(H,36,38)/b34-19+. The van der Waals surface area contributed by atoms with Gasteiger partial charge in [0, 0.05) is 10.7 Å². The molecule has 0 radical (unpaired) electrons. The lowest BCUT2D eigenvalue weighted by molar-refractivity contribution is -0.119. The van der Waals surface area contributed by atoms with E-state index < -0.39 is 22.5 Å². The molecule has 43 heavy (non-hydrogen) atoms. The van der Waals surface area contributed by atoms with Crippen LogP contribution < -0.4 is 19.8 Å². The highest BCUT2D eigenvalue weighted by Gasteiger charge is 2.28. The van der Waals surface area contributed by atoms with E-state index in [9.17, 15) is 18.0 Å². The van der Waals surface area contributed by atoms with E-state index in [1.807, 2.05) is 38.1 Å². The maximum absolute atomic E-state index is 13.6. The van der Waals surface area contributed by atoms with Crippen LogP contribution in [0.1, 0.15) is 22.3 Å². The minimum Gasteiger partial charge on any atom is -0.484 e. The van der Waals surface area contributed by atoms with E-state index in [4.69, 9.17) is 16.3 Å². The Morgan fingerprint density at radius 1 is 0.860 bits per heavy atom. The summed E-state index contributed by atoms with van der Waals surface area (Å²) in [5.74, 6) is -0.455. The van der Waals surface area contributed by atoms with Gasteiger partial charge in [-0.2, -0.15) is 5.10 Å². The fourth-order valence-corrected chi connectivity index (χ4v) is 5.61. The average Bonchev–Trinajstić information content (AvgIpc) is 2.98. The quantitative estimate of drug-likeness (QED) is 0.167. The number of amides is 2. The second-order valence-corrected chi connectivity index (χ2v) is 12.1. The third-order valence-corrected chi connectivity index (χ3v) is 8.33. The number of benzene rings is 4. The van der Waals surface area contributed by atoms with Crippen LogP contribution in [-0.2, 0) is 19.6 Å². The van der Waals surface area contributed by atoms with Crippen molar-refractivity contribution in [3.63, 3.8) is 0 Å². The Hall–Kier alpha value is -4.67. The second-order valence-electron chi connectivity index (χ2n) is 9.82. The van der Waals surface area contributed by atoms with Crippen LogP contribution in [0.15, 0.2) is 101 Å². The van der Waals surface area contributed by atoms with Gasteiger partial charge < -0.3 is 10.1 Å². The molecule has 2 N–H and O–H groups in total. The summed E-state index contributed by atoms with van der Waals surface area (Å²) < 4.78 is 33.8. The molecule has 0 unspecified atom stereocenters. The minimum atomic E-state index is -4.10. The summed E-state index contributed by atoms with van der Waals surface area (Å²) in [6.07, 6.45) is 1.41. The number of hydrogen-bond acceptors (Lipinski definition) is 6. The van der Waals surface area contributed by atoms with Crippen LogP contribution in [0.3, 0.4) is 0 Å². The van der Waals surface area contributed by atoms with Crippen molar-refractivity contribution in [3.05, 3.63) is 118 Å². The molecule has 0 fully saturated rings. The molecule has 4 rings (SSSR count). The van der Waals surface area contributed by atoms with E-state index >= 15 is 0 Å². The van der Waals surface area contributed by atoms with Gasteiger partial charge >= 0.3 is 0 Å². The zero-order valence-corrected chi connectivity index (χ0v) is 25.4. The molecule has 4 aromatic rings. The van der Waals surface area contributed by atoms with Gasteiger partial charge in [0.1, 0.15) is 12.3 Å². The van der Waals surface area contributed by atoms with Crippen molar-refractivity contribution >= 4 is 51.0 Å². The molecule has 0 saturated heterocycles. The molecule has 0 aliphatic heterocycles. The van der Waals surface area contributed by atoms with Gasteiger partial charge in [0.05, 0.1) is 16.8 Å². The Balaban J connectivity index is 1.37. The Morgan fingerprint density at radius 3 is 2.14 bits per heavy atom. The summed E-state index contributed by atoms with van der Waals surface area (Å²) in [5, 5.41) is 7.08. The van der Waals surface area contributed by atoms with Gasteiger partial charge in [-0.25, -0.2) is 13.8 Å². The van der Waals surface area contributed by atoms with Gasteiger partial charge in [0.25, 0.3) is 21.8 Å². The monoisotopic (exact) mass is 618 g/mol. The first-order valence-electron chi connectivity index (χ1n) is 13.3. The first-order chi connectivity index (χ1) is 20.5. The molecule has 9 nitrogen and oxygen atoms in total. The molecule has 0 saturated carbocycles. The van der Waals surface area contributed by atoms with Crippen LogP contribution in [0.2, 0.25) is 5.02 Å². The first kappa shape index (κ1) is 31.3. The number of hydrogen-bond donors (Lipinski definition) is 2.